The van der Waals surface area contributed by atoms with E-state index in [4.69, 9.17) is 13.9 Å². The summed E-state index contributed by atoms with van der Waals surface area (Å²) in [6, 6.07) is 16.5. The molecule has 2 heterocycles. The second-order valence-corrected chi connectivity index (χ2v) is 5.50. The van der Waals surface area contributed by atoms with Crippen LogP contribution >= 0.6 is 0 Å². The summed E-state index contributed by atoms with van der Waals surface area (Å²) < 4.78 is 17.1. The van der Waals surface area contributed by atoms with E-state index in [0.717, 1.165) is 35.5 Å². The standard InChI is InChI=1S/C18H18N2O3/c1-2-4-14(5-3-1)13-22-15-6-7-16-17(12-15)23-18(19-16)20-8-10-21-11-9-20/h1-7,12H,8-11,13H2. The summed E-state index contributed by atoms with van der Waals surface area (Å²) >= 11 is 0. The van der Waals surface area contributed by atoms with Crippen molar-refractivity contribution in [2.45, 2.75) is 6.61 Å². The third-order valence-corrected chi connectivity index (χ3v) is 3.88. The first-order valence-electron chi connectivity index (χ1n) is 7.78. The molecule has 1 aliphatic heterocycles. The molecule has 0 bridgehead atoms. The molecule has 1 aromatic heterocycles. The maximum Gasteiger partial charge on any atom is 0.298 e. The summed E-state index contributed by atoms with van der Waals surface area (Å²) in [7, 11) is 0. The molecule has 1 fully saturated rings. The third kappa shape index (κ3) is 3.14. The van der Waals surface area contributed by atoms with E-state index in [2.05, 4.69) is 9.88 Å². The van der Waals surface area contributed by atoms with Crippen LogP contribution in [0, 0.1) is 0 Å². The molecule has 0 saturated carbocycles. The van der Waals surface area contributed by atoms with Crippen molar-refractivity contribution in [1.82, 2.24) is 4.98 Å². The van der Waals surface area contributed by atoms with Crippen LogP contribution in [0.4, 0.5) is 6.01 Å². The van der Waals surface area contributed by atoms with Crippen molar-refractivity contribution in [3.63, 3.8) is 0 Å². The van der Waals surface area contributed by atoms with E-state index < -0.39 is 0 Å². The third-order valence-electron chi connectivity index (χ3n) is 3.88. The summed E-state index contributed by atoms with van der Waals surface area (Å²) in [6.45, 7) is 3.58. The minimum Gasteiger partial charge on any atom is -0.489 e. The fourth-order valence-corrected chi connectivity index (χ4v) is 2.61. The fraction of sp³-hybridized carbons (Fsp3) is 0.278. The molecule has 0 spiro atoms. The van der Waals surface area contributed by atoms with Gasteiger partial charge in [-0.15, -0.1) is 0 Å². The van der Waals surface area contributed by atoms with Gasteiger partial charge in [-0.3, -0.25) is 0 Å². The molecular formula is C18H18N2O3. The van der Waals surface area contributed by atoms with Crippen LogP contribution in [0.15, 0.2) is 52.9 Å². The van der Waals surface area contributed by atoms with Crippen LogP contribution in [0.25, 0.3) is 11.1 Å². The summed E-state index contributed by atoms with van der Waals surface area (Å²) in [5, 5.41) is 0. The molecule has 0 amide bonds. The minimum atomic E-state index is 0.538. The van der Waals surface area contributed by atoms with Crippen LogP contribution in [-0.4, -0.2) is 31.3 Å². The van der Waals surface area contributed by atoms with Crippen LogP contribution in [0.3, 0.4) is 0 Å². The van der Waals surface area contributed by atoms with Gasteiger partial charge in [-0.2, -0.15) is 4.98 Å². The van der Waals surface area contributed by atoms with E-state index >= 15 is 0 Å². The van der Waals surface area contributed by atoms with Gasteiger partial charge >= 0.3 is 0 Å². The molecule has 1 saturated heterocycles. The maximum atomic E-state index is 5.88. The lowest BCUT2D eigenvalue weighted by Crippen LogP contribution is -2.36. The van der Waals surface area contributed by atoms with Crippen molar-refractivity contribution in [3.8, 4) is 5.75 Å². The molecule has 0 radical (unpaired) electrons. The lowest BCUT2D eigenvalue weighted by Gasteiger charge is -2.24. The number of anilines is 1. The number of rotatable bonds is 4. The molecule has 5 heteroatoms. The van der Waals surface area contributed by atoms with Crippen LogP contribution in [-0.2, 0) is 11.3 Å². The summed E-state index contributed by atoms with van der Waals surface area (Å²) in [4.78, 5) is 6.65. The van der Waals surface area contributed by atoms with Gasteiger partial charge in [0.15, 0.2) is 5.58 Å². The Kier molecular flexibility index (Phi) is 3.86. The SMILES string of the molecule is c1ccc(COc2ccc3nc(N4CCOCC4)oc3c2)cc1. The van der Waals surface area contributed by atoms with Crippen molar-refractivity contribution in [1.29, 1.82) is 0 Å². The monoisotopic (exact) mass is 310 g/mol. The highest BCUT2D eigenvalue weighted by atomic mass is 16.5. The molecular weight excluding hydrogens is 292 g/mol. The van der Waals surface area contributed by atoms with Crippen LogP contribution in [0.1, 0.15) is 5.56 Å². The highest BCUT2D eigenvalue weighted by molar-refractivity contribution is 5.76. The van der Waals surface area contributed by atoms with Crippen molar-refractivity contribution in [3.05, 3.63) is 54.1 Å². The lowest BCUT2D eigenvalue weighted by molar-refractivity contribution is 0.120. The second-order valence-electron chi connectivity index (χ2n) is 5.50. The molecule has 118 valence electrons. The number of oxazole rings is 1. The summed E-state index contributed by atoms with van der Waals surface area (Å²) in [6.07, 6.45) is 0. The van der Waals surface area contributed by atoms with E-state index in [0.29, 0.717) is 25.8 Å². The molecule has 0 aliphatic carbocycles. The van der Waals surface area contributed by atoms with Crippen LogP contribution in [0.2, 0.25) is 0 Å². The predicted molar refractivity (Wildman–Crippen MR) is 87.8 cm³/mol. The van der Waals surface area contributed by atoms with Crippen LogP contribution in [0.5, 0.6) is 5.75 Å². The number of morpholine rings is 1. The molecule has 0 N–H and O–H groups in total. The number of aromatic nitrogens is 1. The average molecular weight is 310 g/mol. The molecule has 23 heavy (non-hydrogen) atoms. The zero-order chi connectivity index (χ0) is 15.5. The Morgan fingerprint density at radius 1 is 1.04 bits per heavy atom. The van der Waals surface area contributed by atoms with Gasteiger partial charge in [-0.05, 0) is 17.7 Å². The van der Waals surface area contributed by atoms with E-state index in [1.165, 1.54) is 0 Å². The Morgan fingerprint density at radius 3 is 2.70 bits per heavy atom. The molecule has 5 nitrogen and oxygen atoms in total. The average Bonchev–Trinajstić information content (AvgIpc) is 3.05. The van der Waals surface area contributed by atoms with E-state index in [-0.39, 0.29) is 0 Å². The Morgan fingerprint density at radius 2 is 1.87 bits per heavy atom. The molecule has 2 aromatic carbocycles. The summed E-state index contributed by atoms with van der Waals surface area (Å²) in [5.41, 5.74) is 2.73. The lowest BCUT2D eigenvalue weighted by atomic mass is 10.2. The Balaban J connectivity index is 1.51. The topological polar surface area (TPSA) is 47.7 Å². The first-order valence-corrected chi connectivity index (χ1v) is 7.78. The predicted octanol–water partition coefficient (Wildman–Crippen LogP) is 3.24. The molecule has 1 aliphatic rings. The van der Waals surface area contributed by atoms with Gasteiger partial charge in [0.05, 0.1) is 13.2 Å². The fourth-order valence-electron chi connectivity index (χ4n) is 2.61. The molecule has 4 rings (SSSR count). The zero-order valence-corrected chi connectivity index (χ0v) is 12.8. The first kappa shape index (κ1) is 14.1. The smallest absolute Gasteiger partial charge is 0.298 e. The van der Waals surface area contributed by atoms with Gasteiger partial charge in [-0.1, -0.05) is 30.3 Å². The zero-order valence-electron chi connectivity index (χ0n) is 12.8. The Hall–Kier alpha value is -2.53. The number of hydrogen-bond acceptors (Lipinski definition) is 5. The van der Waals surface area contributed by atoms with E-state index in [1.54, 1.807) is 0 Å². The van der Waals surface area contributed by atoms with Gasteiger partial charge in [0.1, 0.15) is 17.9 Å². The second kappa shape index (κ2) is 6.30. The Bertz CT molecular complexity index is 779. The summed E-state index contributed by atoms with van der Waals surface area (Å²) in [5.74, 6) is 0.783. The van der Waals surface area contributed by atoms with Gasteiger partial charge in [0, 0.05) is 19.2 Å². The van der Waals surface area contributed by atoms with Crippen molar-refractivity contribution >= 4 is 17.1 Å². The highest BCUT2D eigenvalue weighted by Crippen LogP contribution is 2.26. The molecule has 0 atom stereocenters. The normalized spacial score (nSPS) is 15.0. The quantitative estimate of drug-likeness (QED) is 0.740. The van der Waals surface area contributed by atoms with Gasteiger partial charge in [0.25, 0.3) is 6.01 Å². The maximum absolute atomic E-state index is 5.88. The van der Waals surface area contributed by atoms with Crippen molar-refractivity contribution in [2.24, 2.45) is 0 Å². The van der Waals surface area contributed by atoms with E-state index in [9.17, 15) is 0 Å². The molecule has 3 aromatic rings. The van der Waals surface area contributed by atoms with Gasteiger partial charge in [-0.25, -0.2) is 0 Å². The first-order chi connectivity index (χ1) is 11.4. The molecule has 0 unspecified atom stereocenters. The number of nitrogens with zero attached hydrogens (tertiary/aromatic N) is 2. The number of fused-ring (bicyclic) bond motifs is 1. The Labute approximate surface area is 134 Å². The van der Waals surface area contributed by atoms with Crippen molar-refractivity contribution < 1.29 is 13.9 Å². The number of benzene rings is 2. The number of ether oxygens (including phenoxy) is 2. The number of hydrogen-bond donors (Lipinski definition) is 0. The van der Waals surface area contributed by atoms with Gasteiger partial charge in [0.2, 0.25) is 0 Å². The largest absolute Gasteiger partial charge is 0.489 e. The highest BCUT2D eigenvalue weighted by Gasteiger charge is 2.17. The minimum absolute atomic E-state index is 0.538. The van der Waals surface area contributed by atoms with Gasteiger partial charge < -0.3 is 18.8 Å². The van der Waals surface area contributed by atoms with Crippen molar-refractivity contribution in [2.75, 3.05) is 31.2 Å². The van der Waals surface area contributed by atoms with E-state index in [1.807, 2.05) is 48.5 Å². The van der Waals surface area contributed by atoms with Crippen LogP contribution < -0.4 is 9.64 Å².